The topological polar surface area (TPSA) is 201 Å². The maximum atomic E-state index is 12.4. The number of aromatic amines is 1. The predicted molar refractivity (Wildman–Crippen MR) is 190 cm³/mol. The molecule has 48 heavy (non-hydrogen) atoms. The van der Waals surface area contributed by atoms with Gasteiger partial charge in [0.25, 0.3) is 0 Å². The van der Waals surface area contributed by atoms with E-state index in [2.05, 4.69) is 84.6 Å². The molecule has 0 saturated heterocycles. The number of aryl methyl sites for hydroxylation is 1. The molecule has 8 N–H and O–H groups in total. The van der Waals surface area contributed by atoms with Crippen LogP contribution in [0.4, 0.5) is 0 Å². The van der Waals surface area contributed by atoms with Gasteiger partial charge in [0.2, 0.25) is 24.1 Å². The zero-order valence-corrected chi connectivity index (χ0v) is 28.5. The second-order valence-electron chi connectivity index (χ2n) is 11.2. The van der Waals surface area contributed by atoms with Gasteiger partial charge in [0.1, 0.15) is 0 Å². The van der Waals surface area contributed by atoms with E-state index in [1.807, 2.05) is 30.5 Å². The largest absolute Gasteiger partial charge is 0.481 e. The Bertz CT molecular complexity index is 1600. The van der Waals surface area contributed by atoms with E-state index in [-0.39, 0.29) is 25.4 Å². The SMILES string of the molecule is CCCC.C[C@H](CC(=O)O)NC(=O)CN(C)C(=O)[C@@H](N)Cc1c[nH]c2ccccc12.Cc1cccc2ccccc12.NC(=O)CNC=O. The Morgan fingerprint density at radius 3 is 2.12 bits per heavy atom. The third-order valence-corrected chi connectivity index (χ3v) is 6.94. The first kappa shape index (κ1) is 40.8. The van der Waals surface area contributed by atoms with Crippen molar-refractivity contribution in [3.8, 4) is 0 Å². The van der Waals surface area contributed by atoms with Crippen molar-refractivity contribution in [2.24, 2.45) is 11.5 Å². The van der Waals surface area contributed by atoms with Crippen molar-refractivity contribution in [1.82, 2.24) is 20.5 Å². The summed E-state index contributed by atoms with van der Waals surface area (Å²) in [5, 5.41) is 17.0. The highest BCUT2D eigenvalue weighted by molar-refractivity contribution is 5.89. The Balaban J connectivity index is 0.000000424. The highest BCUT2D eigenvalue weighted by Gasteiger charge is 2.22. The lowest BCUT2D eigenvalue weighted by Gasteiger charge is -2.22. The number of carboxylic acid groups (broad SMARTS) is 1. The van der Waals surface area contributed by atoms with Gasteiger partial charge in [0.05, 0.1) is 25.6 Å². The second-order valence-corrected chi connectivity index (χ2v) is 11.2. The molecular formula is C36H50N6O6. The molecule has 0 aliphatic carbocycles. The van der Waals surface area contributed by atoms with Gasteiger partial charge in [-0.05, 0) is 48.2 Å². The van der Waals surface area contributed by atoms with Gasteiger partial charge in [-0.2, -0.15) is 0 Å². The molecule has 12 heteroatoms. The number of nitrogens with one attached hydrogen (secondary N) is 3. The van der Waals surface area contributed by atoms with E-state index in [0.29, 0.717) is 12.8 Å². The minimum absolute atomic E-state index is 0.0799. The first-order valence-electron chi connectivity index (χ1n) is 15.8. The molecule has 0 aliphatic heterocycles. The number of fused-ring (bicyclic) bond motifs is 2. The van der Waals surface area contributed by atoms with Gasteiger partial charge < -0.3 is 37.1 Å². The molecule has 260 valence electrons. The molecule has 4 amide bonds. The summed E-state index contributed by atoms with van der Waals surface area (Å²) in [5.41, 5.74) is 13.9. The monoisotopic (exact) mass is 662 g/mol. The number of H-pyrrole nitrogens is 1. The number of likely N-dealkylation sites (N-methyl/N-ethyl adjacent to an activating group) is 1. The number of nitrogens with two attached hydrogens (primary N) is 2. The van der Waals surface area contributed by atoms with E-state index in [4.69, 9.17) is 10.8 Å². The Morgan fingerprint density at radius 2 is 1.56 bits per heavy atom. The average molecular weight is 663 g/mol. The number of nitrogens with zero attached hydrogens (tertiary/aromatic N) is 1. The fourth-order valence-corrected chi connectivity index (χ4v) is 4.36. The van der Waals surface area contributed by atoms with Crippen molar-refractivity contribution in [2.45, 2.75) is 65.5 Å². The van der Waals surface area contributed by atoms with Crippen molar-refractivity contribution < 1.29 is 29.1 Å². The lowest BCUT2D eigenvalue weighted by Crippen LogP contribution is -2.48. The summed E-state index contributed by atoms with van der Waals surface area (Å²) in [5.74, 6) is -2.31. The maximum Gasteiger partial charge on any atom is 0.305 e. The molecule has 0 bridgehead atoms. The van der Waals surface area contributed by atoms with Crippen LogP contribution in [0.5, 0.6) is 0 Å². The van der Waals surface area contributed by atoms with Crippen LogP contribution < -0.4 is 22.1 Å². The molecule has 1 heterocycles. The number of unbranched alkanes of at least 4 members (excludes halogenated alkanes) is 1. The van der Waals surface area contributed by atoms with Gasteiger partial charge in [-0.3, -0.25) is 24.0 Å². The summed E-state index contributed by atoms with van der Waals surface area (Å²) in [6.45, 7) is 7.84. The van der Waals surface area contributed by atoms with E-state index in [0.717, 1.165) is 16.5 Å². The van der Waals surface area contributed by atoms with Crippen LogP contribution in [-0.2, 0) is 30.4 Å². The van der Waals surface area contributed by atoms with Gasteiger partial charge >= 0.3 is 5.97 Å². The molecule has 2 atom stereocenters. The third kappa shape index (κ3) is 15.4. The summed E-state index contributed by atoms with van der Waals surface area (Å²) in [6.07, 6.45) is 5.07. The molecule has 0 unspecified atom stereocenters. The summed E-state index contributed by atoms with van der Waals surface area (Å²) in [4.78, 5) is 58.5. The Hall–Kier alpha value is -5.23. The number of carbonyl (C=O) groups excluding carboxylic acids is 4. The van der Waals surface area contributed by atoms with Crippen molar-refractivity contribution in [1.29, 1.82) is 0 Å². The third-order valence-electron chi connectivity index (χ3n) is 6.94. The fraction of sp³-hybridized carbons (Fsp3) is 0.361. The lowest BCUT2D eigenvalue weighted by atomic mass is 10.0. The Morgan fingerprint density at radius 1 is 0.958 bits per heavy atom. The molecule has 12 nitrogen and oxygen atoms in total. The van der Waals surface area contributed by atoms with Gasteiger partial charge in [0, 0.05) is 30.2 Å². The molecule has 4 aromatic rings. The second kappa shape index (κ2) is 22.3. The normalized spacial score (nSPS) is 11.2. The van der Waals surface area contributed by atoms with E-state index < -0.39 is 29.9 Å². The summed E-state index contributed by atoms with van der Waals surface area (Å²) in [6, 6.07) is 21.3. The van der Waals surface area contributed by atoms with Crippen LogP contribution in [0.2, 0.25) is 0 Å². The smallest absolute Gasteiger partial charge is 0.305 e. The van der Waals surface area contributed by atoms with Gasteiger partial charge in [-0.25, -0.2) is 0 Å². The zero-order valence-electron chi connectivity index (χ0n) is 28.5. The van der Waals surface area contributed by atoms with Crippen molar-refractivity contribution in [3.05, 3.63) is 84.1 Å². The molecule has 1 aromatic heterocycles. The highest BCUT2D eigenvalue weighted by Crippen LogP contribution is 2.19. The van der Waals surface area contributed by atoms with Crippen LogP contribution in [0.3, 0.4) is 0 Å². The molecule has 0 radical (unpaired) electrons. The summed E-state index contributed by atoms with van der Waals surface area (Å²) < 4.78 is 0. The predicted octanol–water partition coefficient (Wildman–Crippen LogP) is 3.65. The van der Waals surface area contributed by atoms with Crippen LogP contribution in [0, 0.1) is 6.92 Å². The first-order chi connectivity index (χ1) is 22.8. The van der Waals surface area contributed by atoms with Crippen LogP contribution in [-0.4, -0.2) is 77.3 Å². The number of hydrogen-bond donors (Lipinski definition) is 6. The first-order valence-corrected chi connectivity index (χ1v) is 15.8. The molecule has 3 aromatic carbocycles. The van der Waals surface area contributed by atoms with Gasteiger partial charge in [0.15, 0.2) is 0 Å². The molecular weight excluding hydrogens is 612 g/mol. The molecule has 0 aliphatic rings. The molecule has 0 fully saturated rings. The van der Waals surface area contributed by atoms with E-state index in [1.54, 1.807) is 6.92 Å². The number of carboxylic acids is 1. The zero-order chi connectivity index (χ0) is 36.1. The average Bonchev–Trinajstić information content (AvgIpc) is 3.46. The number of para-hydroxylation sites is 1. The number of primary amides is 1. The minimum atomic E-state index is -0.997. The van der Waals surface area contributed by atoms with Crippen LogP contribution in [0.1, 0.15) is 51.2 Å². The number of amides is 4. The quantitative estimate of drug-likeness (QED) is 0.124. The van der Waals surface area contributed by atoms with Crippen molar-refractivity contribution in [3.63, 3.8) is 0 Å². The van der Waals surface area contributed by atoms with Crippen LogP contribution >= 0.6 is 0 Å². The van der Waals surface area contributed by atoms with E-state index in [9.17, 15) is 24.0 Å². The highest BCUT2D eigenvalue weighted by atomic mass is 16.4. The summed E-state index contributed by atoms with van der Waals surface area (Å²) >= 11 is 0. The van der Waals surface area contributed by atoms with Crippen LogP contribution in [0.15, 0.2) is 72.9 Å². The van der Waals surface area contributed by atoms with Crippen LogP contribution in [0.25, 0.3) is 21.7 Å². The van der Waals surface area contributed by atoms with E-state index in [1.165, 1.54) is 41.1 Å². The maximum absolute atomic E-state index is 12.4. The summed E-state index contributed by atoms with van der Waals surface area (Å²) in [7, 11) is 1.50. The standard InChI is InChI=1S/C18H24N4O4.C11H10.C4H10.C3H6N2O2/c1-11(7-17(24)25)21-16(23)10-22(2)18(26)14(19)8-12-9-20-15-6-4-3-5-13(12)15;1-9-5-4-7-10-6-2-3-8-11(9)10;1-3-4-2;4-3(7)1-5-2-6/h3-6,9,11,14,20H,7-8,10,19H2,1-2H3,(H,21,23)(H,24,25);2-8H,1H3;3-4H2,1-2H3;2H,1H2,(H2,4,7)(H,5,6)/t11-,14+;;;/m1.../s1. The minimum Gasteiger partial charge on any atom is -0.481 e. The van der Waals surface area contributed by atoms with Crippen molar-refractivity contribution in [2.75, 3.05) is 20.1 Å². The number of aliphatic carboxylic acids is 1. The number of hydrogen-bond acceptors (Lipinski definition) is 6. The number of benzene rings is 3. The van der Waals surface area contributed by atoms with Crippen molar-refractivity contribution >= 4 is 51.8 Å². The van der Waals surface area contributed by atoms with E-state index >= 15 is 0 Å². The molecule has 4 rings (SSSR count). The number of aromatic nitrogens is 1. The Labute approximate surface area is 282 Å². The molecule has 0 saturated carbocycles. The number of rotatable bonds is 12. The fourth-order valence-electron chi connectivity index (χ4n) is 4.36. The lowest BCUT2D eigenvalue weighted by molar-refractivity contribution is -0.138. The number of carbonyl (C=O) groups is 5. The van der Waals surface area contributed by atoms with Gasteiger partial charge in [-0.1, -0.05) is 87.4 Å². The molecule has 0 spiro atoms. The van der Waals surface area contributed by atoms with Gasteiger partial charge in [-0.15, -0.1) is 0 Å². The Kier molecular flexibility index (Phi) is 19.0.